The molecule has 0 spiro atoms. The quantitative estimate of drug-likeness (QED) is 0.227. The van der Waals surface area contributed by atoms with E-state index in [9.17, 15) is 4.79 Å². The molecule has 0 atom stereocenters. The van der Waals surface area contributed by atoms with Crippen molar-refractivity contribution in [3.05, 3.63) is 12.3 Å². The highest BCUT2D eigenvalue weighted by Gasteiger charge is 2.03. The van der Waals surface area contributed by atoms with Gasteiger partial charge in [-0.2, -0.15) is 0 Å². The third-order valence-electron chi connectivity index (χ3n) is 2.09. The highest BCUT2D eigenvalue weighted by atomic mass is 32.2. The molecule has 1 heterocycles. The van der Waals surface area contributed by atoms with E-state index in [1.165, 1.54) is 11.8 Å². The molecule has 0 saturated carbocycles. The van der Waals surface area contributed by atoms with Crippen LogP contribution in [0.2, 0.25) is 0 Å². The first-order chi connectivity index (χ1) is 9.47. The fourth-order valence-electron chi connectivity index (χ4n) is 1.33. The van der Waals surface area contributed by atoms with E-state index in [1.54, 1.807) is 12.3 Å². The molecule has 0 aliphatic rings. The first-order valence-corrected chi connectivity index (χ1v) is 7.30. The fraction of sp³-hybridized carbons (Fsp3) is 0.500. The lowest BCUT2D eigenvalue weighted by Crippen LogP contribution is -2.24. The third-order valence-corrected chi connectivity index (χ3v) is 3.03. The van der Waals surface area contributed by atoms with Crippen LogP contribution in [0.3, 0.4) is 0 Å². The van der Waals surface area contributed by atoms with Crippen LogP contribution in [0.1, 0.15) is 26.7 Å². The second kappa shape index (κ2) is 8.36. The summed E-state index contributed by atoms with van der Waals surface area (Å²) >= 11 is 1.47. The molecule has 0 radical (unpaired) electrons. The number of carbonyl (C=O) groups excluding carboxylic acids is 1. The predicted octanol–water partition coefficient (Wildman–Crippen LogP) is 0.969. The van der Waals surface area contributed by atoms with Crippen LogP contribution >= 0.6 is 11.8 Å². The van der Waals surface area contributed by atoms with E-state index in [4.69, 9.17) is 11.5 Å². The van der Waals surface area contributed by atoms with Crippen molar-refractivity contribution in [1.29, 1.82) is 0 Å². The van der Waals surface area contributed by atoms with Crippen molar-refractivity contribution in [2.75, 3.05) is 11.1 Å². The number of guanidine groups is 1. The van der Waals surface area contributed by atoms with Crippen molar-refractivity contribution in [1.82, 2.24) is 9.97 Å². The van der Waals surface area contributed by atoms with E-state index in [-0.39, 0.29) is 11.9 Å². The van der Waals surface area contributed by atoms with Gasteiger partial charge in [-0.15, -0.1) is 0 Å². The molecule has 0 aromatic carbocycles. The Balaban J connectivity index is 2.51. The van der Waals surface area contributed by atoms with Crippen LogP contribution in [0.5, 0.6) is 0 Å². The van der Waals surface area contributed by atoms with Gasteiger partial charge in [0.2, 0.25) is 5.91 Å². The van der Waals surface area contributed by atoms with Gasteiger partial charge in [-0.1, -0.05) is 11.8 Å². The number of primary amides is 1. The van der Waals surface area contributed by atoms with Crippen LogP contribution in [0.25, 0.3) is 0 Å². The normalized spacial score (nSPS) is 11.7. The number of anilines is 1. The molecule has 0 bridgehead atoms. The molecule has 1 rings (SSSR count). The molecule has 0 unspecified atom stereocenters. The minimum Gasteiger partial charge on any atom is -0.370 e. The van der Waals surface area contributed by atoms with Crippen LogP contribution in [-0.4, -0.2) is 33.6 Å². The number of aliphatic imine (C=N–C) groups is 1. The summed E-state index contributed by atoms with van der Waals surface area (Å²) < 4.78 is 0. The maximum absolute atomic E-state index is 10.6. The van der Waals surface area contributed by atoms with E-state index in [0.29, 0.717) is 29.8 Å². The summed E-state index contributed by atoms with van der Waals surface area (Å²) in [5.74, 6) is 1.37. The molecule has 5 N–H and O–H groups in total. The molecular formula is C12H20N6OS. The summed E-state index contributed by atoms with van der Waals surface area (Å²) in [5.41, 5.74) is 10.8. The zero-order chi connectivity index (χ0) is 15.0. The van der Waals surface area contributed by atoms with Crippen molar-refractivity contribution >= 4 is 29.4 Å². The van der Waals surface area contributed by atoms with E-state index >= 15 is 0 Å². The maximum atomic E-state index is 10.6. The van der Waals surface area contributed by atoms with Crippen LogP contribution in [0, 0.1) is 0 Å². The molecule has 0 aliphatic carbocycles. The van der Waals surface area contributed by atoms with Gasteiger partial charge in [0.25, 0.3) is 0 Å². The third kappa shape index (κ3) is 6.93. The first kappa shape index (κ1) is 16.2. The van der Waals surface area contributed by atoms with Gasteiger partial charge in [0.15, 0.2) is 11.1 Å². The van der Waals surface area contributed by atoms with Gasteiger partial charge in [0.05, 0.1) is 0 Å². The zero-order valence-electron chi connectivity index (χ0n) is 11.7. The average Bonchev–Trinajstić information content (AvgIpc) is 2.33. The number of thioether (sulfide) groups is 1. The van der Waals surface area contributed by atoms with E-state index < -0.39 is 0 Å². The maximum Gasteiger partial charge on any atom is 0.217 e. The number of nitrogens with zero attached hydrogens (tertiary/aromatic N) is 3. The number of amides is 1. The number of hydrogen-bond donors (Lipinski definition) is 3. The topological polar surface area (TPSA) is 119 Å². The molecular weight excluding hydrogens is 276 g/mol. The van der Waals surface area contributed by atoms with Crippen molar-refractivity contribution in [3.8, 4) is 0 Å². The SMILES string of the molecule is CC(C)N=C(N)Nc1ccnc(SCCCC(N)=O)n1. The number of nitrogens with two attached hydrogens (primary N) is 2. The molecule has 1 aromatic rings. The Morgan fingerprint density at radius 3 is 2.90 bits per heavy atom. The summed E-state index contributed by atoms with van der Waals surface area (Å²) in [6.07, 6.45) is 2.73. The highest BCUT2D eigenvalue weighted by Crippen LogP contribution is 2.16. The number of rotatable bonds is 7. The Morgan fingerprint density at radius 1 is 1.50 bits per heavy atom. The fourth-order valence-corrected chi connectivity index (χ4v) is 2.10. The lowest BCUT2D eigenvalue weighted by molar-refractivity contribution is -0.118. The van der Waals surface area contributed by atoms with E-state index in [1.807, 2.05) is 13.8 Å². The summed E-state index contributed by atoms with van der Waals surface area (Å²) in [7, 11) is 0. The molecule has 1 aromatic heterocycles. The van der Waals surface area contributed by atoms with Crippen molar-refractivity contribution < 1.29 is 4.79 Å². The van der Waals surface area contributed by atoms with Crippen molar-refractivity contribution in [2.24, 2.45) is 16.5 Å². The van der Waals surface area contributed by atoms with Crippen molar-refractivity contribution in [2.45, 2.75) is 37.9 Å². The minimum absolute atomic E-state index is 0.118. The molecule has 20 heavy (non-hydrogen) atoms. The minimum atomic E-state index is -0.292. The number of aromatic nitrogens is 2. The largest absolute Gasteiger partial charge is 0.370 e. The lowest BCUT2D eigenvalue weighted by Gasteiger charge is -2.07. The van der Waals surface area contributed by atoms with Crippen molar-refractivity contribution in [3.63, 3.8) is 0 Å². The molecule has 1 amide bonds. The molecule has 0 aliphatic heterocycles. The van der Waals surface area contributed by atoms with Gasteiger partial charge >= 0.3 is 0 Å². The smallest absolute Gasteiger partial charge is 0.217 e. The summed E-state index contributed by atoms with van der Waals surface area (Å²) in [6.45, 7) is 3.88. The second-order valence-electron chi connectivity index (χ2n) is 4.38. The van der Waals surface area contributed by atoms with Gasteiger partial charge in [-0.25, -0.2) is 9.97 Å². The van der Waals surface area contributed by atoms with Crippen LogP contribution < -0.4 is 16.8 Å². The number of nitrogens with one attached hydrogen (secondary N) is 1. The molecule has 110 valence electrons. The Labute approximate surface area is 122 Å². The summed E-state index contributed by atoms with van der Waals surface area (Å²) in [4.78, 5) is 23.2. The predicted molar refractivity (Wildman–Crippen MR) is 81.6 cm³/mol. The zero-order valence-corrected chi connectivity index (χ0v) is 12.5. The van der Waals surface area contributed by atoms with E-state index in [0.717, 1.165) is 5.75 Å². The summed E-state index contributed by atoms with van der Waals surface area (Å²) in [5, 5.41) is 3.53. The molecule has 8 heteroatoms. The average molecular weight is 296 g/mol. The van der Waals surface area contributed by atoms with Gasteiger partial charge in [-0.05, 0) is 26.3 Å². The van der Waals surface area contributed by atoms with Crippen LogP contribution in [0.4, 0.5) is 5.82 Å². The lowest BCUT2D eigenvalue weighted by atomic mass is 10.3. The van der Waals surface area contributed by atoms with Crippen LogP contribution in [-0.2, 0) is 4.79 Å². The molecule has 7 nitrogen and oxygen atoms in total. The Bertz CT molecular complexity index is 477. The van der Waals surface area contributed by atoms with Crippen LogP contribution in [0.15, 0.2) is 22.4 Å². The number of carbonyl (C=O) groups is 1. The Morgan fingerprint density at radius 2 is 2.25 bits per heavy atom. The molecule has 0 fully saturated rings. The standard InChI is InChI=1S/C12H20N6OS/c1-8(2)16-11(14)17-10-5-6-15-12(18-10)20-7-3-4-9(13)19/h5-6,8H,3-4,7H2,1-2H3,(H2,13,19)(H3,14,15,16,17,18). The van der Waals surface area contributed by atoms with Gasteiger partial charge < -0.3 is 16.8 Å². The second-order valence-corrected chi connectivity index (χ2v) is 5.44. The van der Waals surface area contributed by atoms with Gasteiger partial charge in [-0.3, -0.25) is 9.79 Å². The summed E-state index contributed by atoms with van der Waals surface area (Å²) in [6, 6.07) is 1.84. The Hall–Kier alpha value is -1.83. The first-order valence-electron chi connectivity index (χ1n) is 6.32. The highest BCUT2D eigenvalue weighted by molar-refractivity contribution is 7.99. The van der Waals surface area contributed by atoms with E-state index in [2.05, 4.69) is 20.3 Å². The number of hydrogen-bond acceptors (Lipinski definition) is 5. The molecule has 0 saturated heterocycles. The monoisotopic (exact) mass is 296 g/mol. The van der Waals surface area contributed by atoms with Gasteiger partial charge in [0.1, 0.15) is 5.82 Å². The van der Waals surface area contributed by atoms with Gasteiger partial charge in [0, 0.05) is 24.4 Å². The Kier molecular flexibility index (Phi) is 6.78.